The Labute approximate surface area is 175 Å². The number of nitrogens with zero attached hydrogens (tertiary/aromatic N) is 4. The predicted molar refractivity (Wildman–Crippen MR) is 111 cm³/mol. The molecule has 0 unspecified atom stereocenters. The maximum Gasteiger partial charge on any atom is 0.277 e. The number of hydrogen-bond acceptors (Lipinski definition) is 6. The van der Waals surface area contributed by atoms with Crippen molar-refractivity contribution < 1.29 is 18.9 Å². The van der Waals surface area contributed by atoms with Crippen LogP contribution in [0.4, 0.5) is 0 Å². The first kappa shape index (κ1) is 21.3. The Morgan fingerprint density at radius 1 is 1.17 bits per heavy atom. The molecule has 1 fully saturated rings. The Balaban J connectivity index is 1.47. The molecule has 0 bridgehead atoms. The zero-order valence-corrected chi connectivity index (χ0v) is 18.2. The van der Waals surface area contributed by atoms with E-state index >= 15 is 0 Å². The number of likely N-dealkylation sites (N-methyl/N-ethyl adjacent to an activating group) is 1. The molecule has 1 saturated heterocycles. The molecule has 1 N–H and O–H groups in total. The second-order valence-electron chi connectivity index (χ2n) is 7.56. The van der Waals surface area contributed by atoms with E-state index in [1.807, 2.05) is 30.0 Å². The van der Waals surface area contributed by atoms with Gasteiger partial charge in [0, 0.05) is 19.7 Å². The lowest BCUT2D eigenvalue weighted by Gasteiger charge is -2.32. The minimum atomic E-state index is 0.0546. The highest BCUT2D eigenvalue weighted by atomic mass is 32.2. The molecule has 1 aromatic carbocycles. The summed E-state index contributed by atoms with van der Waals surface area (Å²) in [7, 11) is 3.53. The van der Waals surface area contributed by atoms with Crippen molar-refractivity contribution in [2.45, 2.75) is 19.1 Å². The van der Waals surface area contributed by atoms with Crippen LogP contribution in [0.5, 0.6) is 0 Å². The number of benzene rings is 1. The summed E-state index contributed by atoms with van der Waals surface area (Å²) in [5, 5.41) is 8.55. The Kier molecular flexibility index (Phi) is 6.92. The number of aryl methyl sites for hydroxylation is 2. The molecule has 156 valence electrons. The lowest BCUT2D eigenvalue weighted by Crippen LogP contribution is -3.15. The quantitative estimate of drug-likeness (QED) is 0.678. The third-order valence-electron chi connectivity index (χ3n) is 5.20. The number of aromatic nitrogens is 2. The molecule has 0 spiro atoms. The summed E-state index contributed by atoms with van der Waals surface area (Å²) in [6, 6.07) is 6.00. The fraction of sp³-hybridized carbons (Fsp3) is 0.500. The van der Waals surface area contributed by atoms with E-state index in [4.69, 9.17) is 4.42 Å². The molecule has 0 radical (unpaired) electrons. The molecule has 8 nitrogen and oxygen atoms in total. The van der Waals surface area contributed by atoms with Crippen LogP contribution in [0.25, 0.3) is 11.5 Å². The molecule has 3 rings (SSSR count). The number of quaternary nitrogens is 1. The smallest absolute Gasteiger partial charge is 0.277 e. The Morgan fingerprint density at radius 2 is 1.90 bits per heavy atom. The first-order chi connectivity index (χ1) is 13.8. The number of thioether (sulfide) groups is 1. The average molecular weight is 419 g/mol. The van der Waals surface area contributed by atoms with Gasteiger partial charge in [0.05, 0.1) is 31.9 Å². The Hall–Kier alpha value is -2.39. The predicted octanol–water partition coefficient (Wildman–Crippen LogP) is 0.261. The van der Waals surface area contributed by atoms with E-state index in [9.17, 15) is 9.59 Å². The molecule has 1 aliphatic heterocycles. The van der Waals surface area contributed by atoms with Gasteiger partial charge in [0.25, 0.3) is 11.1 Å². The molecule has 29 heavy (non-hydrogen) atoms. The third-order valence-corrected chi connectivity index (χ3v) is 6.01. The molecule has 0 aliphatic carbocycles. The van der Waals surface area contributed by atoms with Gasteiger partial charge >= 0.3 is 0 Å². The van der Waals surface area contributed by atoms with Crippen molar-refractivity contribution in [2.24, 2.45) is 0 Å². The van der Waals surface area contributed by atoms with Crippen molar-refractivity contribution in [3.05, 3.63) is 29.3 Å². The van der Waals surface area contributed by atoms with E-state index in [0.29, 0.717) is 30.7 Å². The van der Waals surface area contributed by atoms with E-state index in [1.54, 1.807) is 19.0 Å². The second-order valence-corrected chi connectivity index (χ2v) is 8.48. The van der Waals surface area contributed by atoms with Gasteiger partial charge in [-0.05, 0) is 37.1 Å². The summed E-state index contributed by atoms with van der Waals surface area (Å²) >= 11 is 1.26. The van der Waals surface area contributed by atoms with Crippen LogP contribution in [-0.4, -0.2) is 84.4 Å². The third kappa shape index (κ3) is 5.57. The van der Waals surface area contributed by atoms with Crippen molar-refractivity contribution in [2.75, 3.05) is 52.6 Å². The Bertz CT molecular complexity index is 875. The van der Waals surface area contributed by atoms with Crippen molar-refractivity contribution in [1.82, 2.24) is 20.0 Å². The number of carbonyl (C=O) groups excluding carboxylic acids is 2. The van der Waals surface area contributed by atoms with Gasteiger partial charge in [-0.15, -0.1) is 10.2 Å². The monoisotopic (exact) mass is 418 g/mol. The van der Waals surface area contributed by atoms with Gasteiger partial charge in [0.15, 0.2) is 6.54 Å². The molecule has 2 amide bonds. The normalized spacial score (nSPS) is 14.8. The summed E-state index contributed by atoms with van der Waals surface area (Å²) in [6.45, 7) is 7.47. The molecule has 2 heterocycles. The average Bonchev–Trinajstić information content (AvgIpc) is 3.17. The summed E-state index contributed by atoms with van der Waals surface area (Å²) in [6.07, 6.45) is 0. The highest BCUT2D eigenvalue weighted by Gasteiger charge is 2.26. The first-order valence-electron chi connectivity index (χ1n) is 9.69. The number of piperazine rings is 1. The van der Waals surface area contributed by atoms with Crippen molar-refractivity contribution in [3.8, 4) is 11.5 Å². The summed E-state index contributed by atoms with van der Waals surface area (Å²) in [5.41, 5.74) is 3.25. The van der Waals surface area contributed by atoms with Crippen LogP contribution in [0.1, 0.15) is 11.1 Å². The van der Waals surface area contributed by atoms with E-state index < -0.39 is 0 Å². The summed E-state index contributed by atoms with van der Waals surface area (Å²) < 4.78 is 5.71. The zero-order chi connectivity index (χ0) is 21.0. The molecule has 1 aromatic heterocycles. The standard InChI is InChI=1S/C20H27N5O3S/c1-14-5-6-16(11-15(14)2)19-21-22-20(28-19)29-13-18(27)25-9-7-24(8-10-25)12-17(26)23(3)4/h5-6,11H,7-10,12-13H2,1-4H3/p+1. The van der Waals surface area contributed by atoms with Gasteiger partial charge in [-0.2, -0.15) is 0 Å². The molecule has 0 saturated carbocycles. The van der Waals surface area contributed by atoms with Gasteiger partial charge in [0.2, 0.25) is 11.8 Å². The highest BCUT2D eigenvalue weighted by molar-refractivity contribution is 7.99. The van der Waals surface area contributed by atoms with Crippen molar-refractivity contribution >= 4 is 23.6 Å². The van der Waals surface area contributed by atoms with Gasteiger partial charge in [-0.3, -0.25) is 9.59 Å². The fourth-order valence-corrected chi connectivity index (χ4v) is 3.76. The second kappa shape index (κ2) is 9.41. The van der Waals surface area contributed by atoms with Crippen molar-refractivity contribution in [3.63, 3.8) is 0 Å². The van der Waals surface area contributed by atoms with E-state index in [1.165, 1.54) is 27.8 Å². The maximum absolute atomic E-state index is 12.5. The SMILES string of the molecule is Cc1ccc(-c2nnc(SCC(=O)N3CC[NH+](CC(=O)N(C)C)CC3)o2)cc1C. The van der Waals surface area contributed by atoms with Crippen LogP contribution in [0.3, 0.4) is 0 Å². The largest absolute Gasteiger partial charge is 0.411 e. The topological polar surface area (TPSA) is 84.0 Å². The van der Waals surface area contributed by atoms with Crippen LogP contribution < -0.4 is 4.90 Å². The number of nitrogens with one attached hydrogen (secondary N) is 1. The van der Waals surface area contributed by atoms with Gasteiger partial charge in [-0.1, -0.05) is 17.8 Å². The molecule has 1 aliphatic rings. The summed E-state index contributed by atoms with van der Waals surface area (Å²) in [5.74, 6) is 0.900. The van der Waals surface area contributed by atoms with Crippen LogP contribution in [0.15, 0.2) is 27.8 Å². The van der Waals surface area contributed by atoms with Crippen LogP contribution in [0.2, 0.25) is 0 Å². The van der Waals surface area contributed by atoms with Crippen LogP contribution >= 0.6 is 11.8 Å². The van der Waals surface area contributed by atoms with E-state index in [-0.39, 0.29) is 17.6 Å². The molecule has 9 heteroatoms. The lowest BCUT2D eigenvalue weighted by molar-refractivity contribution is -0.896. The minimum Gasteiger partial charge on any atom is -0.411 e. The van der Waals surface area contributed by atoms with Crippen LogP contribution in [0, 0.1) is 13.8 Å². The molecule has 0 atom stereocenters. The first-order valence-corrected chi connectivity index (χ1v) is 10.7. The molecular formula is C20H28N5O3S+. The van der Waals surface area contributed by atoms with Gasteiger partial charge in [-0.25, -0.2) is 0 Å². The van der Waals surface area contributed by atoms with E-state index in [2.05, 4.69) is 17.1 Å². The van der Waals surface area contributed by atoms with Crippen molar-refractivity contribution in [1.29, 1.82) is 0 Å². The number of hydrogen-bond donors (Lipinski definition) is 1. The number of rotatable bonds is 6. The number of amides is 2. The lowest BCUT2D eigenvalue weighted by atomic mass is 10.1. The van der Waals surface area contributed by atoms with Gasteiger partial charge in [0.1, 0.15) is 0 Å². The maximum atomic E-state index is 12.5. The zero-order valence-electron chi connectivity index (χ0n) is 17.4. The molecular weight excluding hydrogens is 390 g/mol. The molecule has 2 aromatic rings. The number of carbonyl (C=O) groups is 2. The van der Waals surface area contributed by atoms with E-state index in [0.717, 1.165) is 18.7 Å². The van der Waals surface area contributed by atoms with Crippen LogP contribution in [-0.2, 0) is 9.59 Å². The summed E-state index contributed by atoms with van der Waals surface area (Å²) in [4.78, 5) is 29.0. The van der Waals surface area contributed by atoms with Gasteiger partial charge < -0.3 is 19.1 Å². The highest BCUT2D eigenvalue weighted by Crippen LogP contribution is 2.25. The fourth-order valence-electron chi connectivity index (χ4n) is 3.10. The Morgan fingerprint density at radius 3 is 2.55 bits per heavy atom. The minimum absolute atomic E-state index is 0.0546.